The first-order valence-electron chi connectivity index (χ1n) is 8.81. The highest BCUT2D eigenvalue weighted by Gasteiger charge is 2.17. The summed E-state index contributed by atoms with van der Waals surface area (Å²) in [6.07, 6.45) is 4.65. The second-order valence-corrected chi connectivity index (χ2v) is 6.56. The summed E-state index contributed by atoms with van der Waals surface area (Å²) < 4.78 is 0. The van der Waals surface area contributed by atoms with Crippen molar-refractivity contribution in [1.82, 2.24) is 9.97 Å². The van der Waals surface area contributed by atoms with Crippen LogP contribution >= 0.6 is 0 Å². The molecule has 7 nitrogen and oxygen atoms in total. The molecule has 0 radical (unpaired) electrons. The van der Waals surface area contributed by atoms with E-state index < -0.39 is 0 Å². The van der Waals surface area contributed by atoms with Crippen molar-refractivity contribution < 1.29 is 9.59 Å². The lowest BCUT2D eigenvalue weighted by atomic mass is 10.2. The molecule has 3 rings (SSSR count). The molecular formula is C19H23N5O2. The zero-order valence-electron chi connectivity index (χ0n) is 15.0. The van der Waals surface area contributed by atoms with Gasteiger partial charge in [0.15, 0.2) is 0 Å². The van der Waals surface area contributed by atoms with E-state index in [1.807, 2.05) is 6.92 Å². The van der Waals surface area contributed by atoms with E-state index in [-0.39, 0.29) is 11.8 Å². The van der Waals surface area contributed by atoms with Crippen molar-refractivity contribution in [3.8, 4) is 0 Å². The van der Waals surface area contributed by atoms with Crippen LogP contribution in [-0.4, -0.2) is 27.8 Å². The largest absolute Gasteiger partial charge is 0.351 e. The molecule has 7 heteroatoms. The van der Waals surface area contributed by atoms with Crippen molar-refractivity contribution in [1.29, 1.82) is 0 Å². The van der Waals surface area contributed by atoms with Crippen molar-refractivity contribution in [2.24, 2.45) is 0 Å². The van der Waals surface area contributed by atoms with Crippen LogP contribution in [0.2, 0.25) is 0 Å². The normalized spacial score (nSPS) is 14.1. The van der Waals surface area contributed by atoms with Gasteiger partial charge in [0.2, 0.25) is 11.9 Å². The fourth-order valence-corrected chi connectivity index (χ4v) is 3.04. The van der Waals surface area contributed by atoms with Gasteiger partial charge in [-0.3, -0.25) is 9.59 Å². The van der Waals surface area contributed by atoms with Crippen LogP contribution in [0.5, 0.6) is 0 Å². The van der Waals surface area contributed by atoms with Gasteiger partial charge in [-0.1, -0.05) is 12.8 Å². The van der Waals surface area contributed by atoms with Gasteiger partial charge >= 0.3 is 0 Å². The molecule has 1 fully saturated rings. The summed E-state index contributed by atoms with van der Waals surface area (Å²) >= 11 is 0. The molecule has 26 heavy (non-hydrogen) atoms. The predicted molar refractivity (Wildman–Crippen MR) is 101 cm³/mol. The van der Waals surface area contributed by atoms with Crippen molar-refractivity contribution in [3.63, 3.8) is 0 Å². The number of anilines is 3. The van der Waals surface area contributed by atoms with E-state index in [2.05, 4.69) is 25.9 Å². The summed E-state index contributed by atoms with van der Waals surface area (Å²) in [5.74, 6) is 0.0702. The topological polar surface area (TPSA) is 96.0 Å². The number of amides is 2. The van der Waals surface area contributed by atoms with Crippen LogP contribution in [0.1, 0.15) is 48.8 Å². The second kappa shape index (κ2) is 7.95. The number of nitrogens with one attached hydrogen (secondary N) is 3. The van der Waals surface area contributed by atoms with E-state index in [0.29, 0.717) is 29.1 Å². The summed E-state index contributed by atoms with van der Waals surface area (Å²) in [6, 6.07) is 8.98. The van der Waals surface area contributed by atoms with Gasteiger partial charge in [-0.2, -0.15) is 0 Å². The Labute approximate surface area is 152 Å². The van der Waals surface area contributed by atoms with Gasteiger partial charge in [0.05, 0.1) is 0 Å². The summed E-state index contributed by atoms with van der Waals surface area (Å²) in [4.78, 5) is 32.3. The average Bonchev–Trinajstić information content (AvgIpc) is 3.08. The SMILES string of the molecule is CC(=O)Nc1ccc(NC(=O)c2cc(C)nc(NC3CCCC3)n2)cc1. The zero-order chi connectivity index (χ0) is 18.5. The van der Waals surface area contributed by atoms with E-state index in [1.165, 1.54) is 19.8 Å². The van der Waals surface area contributed by atoms with E-state index in [9.17, 15) is 9.59 Å². The van der Waals surface area contributed by atoms with Crippen LogP contribution < -0.4 is 16.0 Å². The van der Waals surface area contributed by atoms with Gasteiger partial charge in [-0.15, -0.1) is 0 Å². The number of nitrogens with zero attached hydrogens (tertiary/aromatic N) is 2. The number of aromatic nitrogens is 2. The summed E-state index contributed by atoms with van der Waals surface area (Å²) in [7, 11) is 0. The first kappa shape index (κ1) is 17.8. The molecule has 136 valence electrons. The van der Waals surface area contributed by atoms with Gasteiger partial charge < -0.3 is 16.0 Å². The molecule has 1 heterocycles. The Morgan fingerprint density at radius 1 is 1.00 bits per heavy atom. The number of aryl methyl sites for hydroxylation is 1. The molecule has 0 unspecified atom stereocenters. The molecule has 2 aromatic rings. The van der Waals surface area contributed by atoms with Crippen molar-refractivity contribution in [2.75, 3.05) is 16.0 Å². The monoisotopic (exact) mass is 353 g/mol. The van der Waals surface area contributed by atoms with E-state index in [0.717, 1.165) is 18.5 Å². The molecule has 0 bridgehead atoms. The number of benzene rings is 1. The number of rotatable bonds is 5. The molecular weight excluding hydrogens is 330 g/mol. The van der Waals surface area contributed by atoms with Gasteiger partial charge in [-0.25, -0.2) is 9.97 Å². The maximum atomic E-state index is 12.5. The second-order valence-electron chi connectivity index (χ2n) is 6.56. The molecule has 1 aromatic heterocycles. The number of carbonyl (C=O) groups is 2. The van der Waals surface area contributed by atoms with Gasteiger partial charge in [0.1, 0.15) is 5.69 Å². The molecule has 3 N–H and O–H groups in total. The molecule has 1 aliphatic carbocycles. The first-order valence-corrected chi connectivity index (χ1v) is 8.81. The highest BCUT2D eigenvalue weighted by molar-refractivity contribution is 6.03. The smallest absolute Gasteiger partial charge is 0.274 e. The molecule has 0 aliphatic heterocycles. The Morgan fingerprint density at radius 2 is 1.62 bits per heavy atom. The van der Waals surface area contributed by atoms with Gasteiger partial charge in [-0.05, 0) is 50.1 Å². The molecule has 0 spiro atoms. The minimum absolute atomic E-state index is 0.138. The Balaban J connectivity index is 1.68. The standard InChI is InChI=1S/C19H23N5O2/c1-12-11-17(24-19(20-12)23-14-5-3-4-6-14)18(26)22-16-9-7-15(8-10-16)21-13(2)25/h7-11,14H,3-6H2,1-2H3,(H,21,25)(H,22,26)(H,20,23,24). The number of hydrogen-bond acceptors (Lipinski definition) is 5. The van der Waals surface area contributed by atoms with Crippen molar-refractivity contribution in [3.05, 3.63) is 41.7 Å². The van der Waals surface area contributed by atoms with E-state index >= 15 is 0 Å². The maximum absolute atomic E-state index is 12.5. The Kier molecular flexibility index (Phi) is 5.46. The minimum atomic E-state index is -0.294. The Hall–Kier alpha value is -2.96. The Bertz CT molecular complexity index is 798. The van der Waals surface area contributed by atoms with Crippen LogP contribution in [0, 0.1) is 6.92 Å². The lowest BCUT2D eigenvalue weighted by Crippen LogP contribution is -2.20. The third kappa shape index (κ3) is 4.78. The number of hydrogen-bond donors (Lipinski definition) is 3. The number of carbonyl (C=O) groups excluding carboxylic acids is 2. The van der Waals surface area contributed by atoms with Gasteiger partial charge in [0, 0.05) is 30.0 Å². The van der Waals surface area contributed by atoms with Crippen LogP contribution in [0.4, 0.5) is 17.3 Å². The molecule has 0 saturated heterocycles. The highest BCUT2D eigenvalue weighted by Crippen LogP contribution is 2.21. The van der Waals surface area contributed by atoms with Crippen LogP contribution in [0.25, 0.3) is 0 Å². The predicted octanol–water partition coefficient (Wildman–Crippen LogP) is 3.35. The van der Waals surface area contributed by atoms with Crippen molar-refractivity contribution in [2.45, 2.75) is 45.6 Å². The highest BCUT2D eigenvalue weighted by atomic mass is 16.2. The summed E-state index contributed by atoms with van der Waals surface area (Å²) in [5, 5.41) is 8.83. The average molecular weight is 353 g/mol. The summed E-state index contributed by atoms with van der Waals surface area (Å²) in [5.41, 5.74) is 2.37. The van der Waals surface area contributed by atoms with Crippen LogP contribution in [0.3, 0.4) is 0 Å². The first-order chi connectivity index (χ1) is 12.5. The van der Waals surface area contributed by atoms with E-state index in [4.69, 9.17) is 0 Å². The Morgan fingerprint density at radius 3 is 2.23 bits per heavy atom. The molecule has 1 aromatic carbocycles. The molecule has 2 amide bonds. The minimum Gasteiger partial charge on any atom is -0.351 e. The fourth-order valence-electron chi connectivity index (χ4n) is 3.04. The molecule has 1 aliphatic rings. The quantitative estimate of drug-likeness (QED) is 0.766. The third-order valence-corrected chi connectivity index (χ3v) is 4.24. The third-order valence-electron chi connectivity index (χ3n) is 4.24. The maximum Gasteiger partial charge on any atom is 0.274 e. The lowest BCUT2D eigenvalue weighted by molar-refractivity contribution is -0.114. The van der Waals surface area contributed by atoms with Crippen molar-refractivity contribution >= 4 is 29.1 Å². The van der Waals surface area contributed by atoms with Crippen LogP contribution in [-0.2, 0) is 4.79 Å². The van der Waals surface area contributed by atoms with E-state index in [1.54, 1.807) is 30.3 Å². The van der Waals surface area contributed by atoms with Gasteiger partial charge in [0.25, 0.3) is 5.91 Å². The molecule has 1 saturated carbocycles. The van der Waals surface area contributed by atoms with Crippen LogP contribution in [0.15, 0.2) is 30.3 Å². The summed E-state index contributed by atoms with van der Waals surface area (Å²) in [6.45, 7) is 3.30. The lowest BCUT2D eigenvalue weighted by Gasteiger charge is -2.13. The zero-order valence-corrected chi connectivity index (χ0v) is 15.0. The molecule has 0 atom stereocenters. The fraction of sp³-hybridized carbons (Fsp3) is 0.368.